The lowest BCUT2D eigenvalue weighted by molar-refractivity contribution is -0.125. The summed E-state index contributed by atoms with van der Waals surface area (Å²) in [4.78, 5) is 11.8. The SMILES string of the molecule is CC(CO)SC1CCCC(NC2CC2)(C(N)=O)C1. The topological polar surface area (TPSA) is 75.3 Å². The average molecular weight is 272 g/mol. The highest BCUT2D eigenvalue weighted by Crippen LogP contribution is 2.38. The molecule has 0 aliphatic heterocycles. The van der Waals surface area contributed by atoms with Gasteiger partial charge in [0.2, 0.25) is 5.91 Å². The van der Waals surface area contributed by atoms with Crippen molar-refractivity contribution >= 4 is 17.7 Å². The molecule has 0 radical (unpaired) electrons. The van der Waals surface area contributed by atoms with Crippen LogP contribution >= 0.6 is 11.8 Å². The smallest absolute Gasteiger partial charge is 0.237 e. The maximum atomic E-state index is 11.8. The Labute approximate surface area is 113 Å². The van der Waals surface area contributed by atoms with Crippen LogP contribution in [-0.2, 0) is 4.79 Å². The quantitative estimate of drug-likeness (QED) is 0.675. The predicted molar refractivity (Wildman–Crippen MR) is 74.5 cm³/mol. The first-order chi connectivity index (χ1) is 8.55. The van der Waals surface area contributed by atoms with Crippen molar-refractivity contribution in [2.24, 2.45) is 5.73 Å². The van der Waals surface area contributed by atoms with Gasteiger partial charge < -0.3 is 16.2 Å². The highest BCUT2D eigenvalue weighted by atomic mass is 32.2. The second kappa shape index (κ2) is 5.80. The van der Waals surface area contributed by atoms with Gasteiger partial charge in [-0.25, -0.2) is 0 Å². The highest BCUT2D eigenvalue weighted by molar-refractivity contribution is 8.00. The van der Waals surface area contributed by atoms with Gasteiger partial charge in [0.1, 0.15) is 0 Å². The molecule has 0 aromatic rings. The number of hydrogen-bond acceptors (Lipinski definition) is 4. The number of aliphatic hydroxyl groups is 1. The molecule has 2 fully saturated rings. The van der Waals surface area contributed by atoms with E-state index in [0.29, 0.717) is 11.3 Å². The number of carbonyl (C=O) groups is 1. The molecule has 0 aromatic heterocycles. The number of rotatable bonds is 6. The molecule has 3 unspecified atom stereocenters. The van der Waals surface area contributed by atoms with Crippen molar-refractivity contribution in [3.8, 4) is 0 Å². The largest absolute Gasteiger partial charge is 0.395 e. The van der Waals surface area contributed by atoms with Crippen LogP contribution in [0, 0.1) is 0 Å². The van der Waals surface area contributed by atoms with Crippen molar-refractivity contribution in [3.63, 3.8) is 0 Å². The fourth-order valence-electron chi connectivity index (χ4n) is 2.76. The van der Waals surface area contributed by atoms with Crippen molar-refractivity contribution in [1.82, 2.24) is 5.32 Å². The molecule has 0 saturated heterocycles. The Morgan fingerprint density at radius 3 is 2.83 bits per heavy atom. The lowest BCUT2D eigenvalue weighted by Gasteiger charge is -2.39. The van der Waals surface area contributed by atoms with Crippen LogP contribution < -0.4 is 11.1 Å². The van der Waals surface area contributed by atoms with Crippen molar-refractivity contribution in [2.75, 3.05) is 6.61 Å². The van der Waals surface area contributed by atoms with Gasteiger partial charge in [-0.05, 0) is 38.5 Å². The third kappa shape index (κ3) is 3.39. The predicted octanol–water partition coefficient (Wildman–Crippen LogP) is 1.02. The van der Waals surface area contributed by atoms with Crippen LogP contribution in [0.2, 0.25) is 0 Å². The highest BCUT2D eigenvalue weighted by Gasteiger charge is 2.44. The summed E-state index contributed by atoms with van der Waals surface area (Å²) in [6.07, 6.45) is 6.17. The minimum atomic E-state index is -0.494. The molecule has 104 valence electrons. The summed E-state index contributed by atoms with van der Waals surface area (Å²) in [6.45, 7) is 2.22. The number of aliphatic hydroxyl groups excluding tert-OH is 1. The summed E-state index contributed by atoms with van der Waals surface area (Å²) in [6, 6.07) is 0.497. The molecule has 18 heavy (non-hydrogen) atoms. The molecule has 2 rings (SSSR count). The van der Waals surface area contributed by atoms with E-state index < -0.39 is 5.54 Å². The van der Waals surface area contributed by atoms with Gasteiger partial charge in [0.15, 0.2) is 0 Å². The molecule has 2 saturated carbocycles. The maximum absolute atomic E-state index is 11.8. The summed E-state index contributed by atoms with van der Waals surface area (Å²) in [5.41, 5.74) is 5.15. The Balaban J connectivity index is 1.98. The molecule has 1 amide bonds. The molecule has 4 N–H and O–H groups in total. The Kier molecular flexibility index (Phi) is 4.56. The van der Waals surface area contributed by atoms with Gasteiger partial charge in [0.25, 0.3) is 0 Å². The van der Waals surface area contributed by atoms with Gasteiger partial charge in [-0.15, -0.1) is 0 Å². The molecule has 4 nitrogen and oxygen atoms in total. The summed E-state index contributed by atoms with van der Waals surface area (Å²) in [7, 11) is 0. The monoisotopic (exact) mass is 272 g/mol. The normalized spacial score (nSPS) is 34.2. The maximum Gasteiger partial charge on any atom is 0.237 e. The van der Waals surface area contributed by atoms with E-state index in [0.717, 1.165) is 25.7 Å². The van der Waals surface area contributed by atoms with Gasteiger partial charge in [-0.2, -0.15) is 11.8 Å². The number of carbonyl (C=O) groups excluding carboxylic acids is 1. The Bertz CT molecular complexity index is 309. The fraction of sp³-hybridized carbons (Fsp3) is 0.923. The van der Waals surface area contributed by atoms with Crippen LogP contribution in [0.15, 0.2) is 0 Å². The number of amides is 1. The van der Waals surface area contributed by atoms with E-state index >= 15 is 0 Å². The molecule has 2 aliphatic rings. The van der Waals surface area contributed by atoms with Gasteiger partial charge in [-0.3, -0.25) is 4.79 Å². The lowest BCUT2D eigenvalue weighted by atomic mass is 9.80. The van der Waals surface area contributed by atoms with E-state index in [1.807, 2.05) is 6.92 Å². The average Bonchev–Trinajstić information content (AvgIpc) is 3.13. The minimum absolute atomic E-state index is 0.195. The van der Waals surface area contributed by atoms with E-state index in [1.165, 1.54) is 12.8 Å². The summed E-state index contributed by atoms with van der Waals surface area (Å²) < 4.78 is 0. The van der Waals surface area contributed by atoms with Crippen LogP contribution in [-0.4, -0.2) is 39.7 Å². The zero-order chi connectivity index (χ0) is 13.2. The first-order valence-corrected chi connectivity index (χ1v) is 7.84. The molecule has 2 aliphatic carbocycles. The van der Waals surface area contributed by atoms with E-state index in [2.05, 4.69) is 5.32 Å². The van der Waals surface area contributed by atoms with Crippen molar-refractivity contribution < 1.29 is 9.90 Å². The van der Waals surface area contributed by atoms with E-state index in [1.54, 1.807) is 11.8 Å². The number of primary amides is 1. The van der Waals surface area contributed by atoms with Crippen molar-refractivity contribution in [2.45, 2.75) is 67.5 Å². The van der Waals surface area contributed by atoms with Crippen LogP contribution in [0.5, 0.6) is 0 Å². The summed E-state index contributed by atoms with van der Waals surface area (Å²) >= 11 is 1.79. The molecular formula is C13H24N2O2S. The van der Waals surface area contributed by atoms with Crippen LogP contribution in [0.4, 0.5) is 0 Å². The van der Waals surface area contributed by atoms with Gasteiger partial charge in [-0.1, -0.05) is 6.92 Å². The molecule has 0 spiro atoms. The van der Waals surface area contributed by atoms with Gasteiger partial charge in [0.05, 0.1) is 12.1 Å². The van der Waals surface area contributed by atoms with Crippen LogP contribution in [0.1, 0.15) is 45.4 Å². The first-order valence-electron chi connectivity index (χ1n) is 6.89. The molecule has 0 bridgehead atoms. The van der Waals surface area contributed by atoms with Crippen molar-refractivity contribution in [3.05, 3.63) is 0 Å². The van der Waals surface area contributed by atoms with E-state index in [-0.39, 0.29) is 17.8 Å². The third-order valence-corrected chi connectivity index (χ3v) is 5.32. The molecular weight excluding hydrogens is 248 g/mol. The second-order valence-corrected chi connectivity index (χ2v) is 7.46. The Morgan fingerprint density at radius 2 is 2.28 bits per heavy atom. The summed E-state index contributed by atoms with van der Waals surface area (Å²) in [5.74, 6) is -0.198. The zero-order valence-corrected chi connectivity index (χ0v) is 11.8. The van der Waals surface area contributed by atoms with Crippen LogP contribution in [0.3, 0.4) is 0 Å². The van der Waals surface area contributed by atoms with E-state index in [9.17, 15) is 4.79 Å². The number of nitrogens with one attached hydrogen (secondary N) is 1. The number of thioether (sulfide) groups is 1. The molecule has 5 heteroatoms. The van der Waals surface area contributed by atoms with E-state index in [4.69, 9.17) is 10.8 Å². The molecule has 3 atom stereocenters. The second-order valence-electron chi connectivity index (χ2n) is 5.71. The third-order valence-electron chi connectivity index (χ3n) is 3.92. The number of hydrogen-bond donors (Lipinski definition) is 3. The van der Waals surface area contributed by atoms with Gasteiger partial charge in [0, 0.05) is 16.5 Å². The van der Waals surface area contributed by atoms with Crippen molar-refractivity contribution in [1.29, 1.82) is 0 Å². The Hall–Kier alpha value is -0.260. The first kappa shape index (κ1) is 14.2. The fourth-order valence-corrected chi connectivity index (χ4v) is 4.18. The Morgan fingerprint density at radius 1 is 1.56 bits per heavy atom. The zero-order valence-electron chi connectivity index (χ0n) is 11.0. The standard InChI is InChI=1S/C13H24N2O2S/c1-9(8-16)18-11-3-2-6-13(7-11,12(14)17)15-10-4-5-10/h9-11,15-16H,2-8H2,1H3,(H2,14,17). The van der Waals surface area contributed by atoms with Gasteiger partial charge >= 0.3 is 0 Å². The molecule has 0 aromatic carbocycles. The van der Waals surface area contributed by atoms with Crippen LogP contribution in [0.25, 0.3) is 0 Å². The number of nitrogens with two attached hydrogens (primary N) is 1. The lowest BCUT2D eigenvalue weighted by Crippen LogP contribution is -2.59. The molecule has 0 heterocycles. The summed E-state index contributed by atoms with van der Waals surface area (Å²) in [5, 5.41) is 13.3. The minimum Gasteiger partial charge on any atom is -0.395 e.